The average Bonchev–Trinajstić information content (AvgIpc) is 3.19. The number of hydrogen-bond donors (Lipinski definition) is 1. The molecule has 0 spiro atoms. The van der Waals surface area contributed by atoms with Crippen LogP contribution in [0.1, 0.15) is 46.0 Å². The summed E-state index contributed by atoms with van der Waals surface area (Å²) in [6.45, 7) is 5.93. The molecule has 1 saturated heterocycles. The van der Waals surface area contributed by atoms with E-state index in [9.17, 15) is 13.2 Å². The predicted octanol–water partition coefficient (Wildman–Crippen LogP) is 3.18. The van der Waals surface area contributed by atoms with Gasteiger partial charge in [0.05, 0.1) is 6.42 Å². The summed E-state index contributed by atoms with van der Waals surface area (Å²) in [5.41, 5.74) is -0.0867. The Hall–Kier alpha value is -0.290. The third-order valence-corrected chi connectivity index (χ3v) is 4.95. The quantitative estimate of drug-likeness (QED) is 0.831. The van der Waals surface area contributed by atoms with Gasteiger partial charge in [-0.25, -0.2) is 0 Å². The number of nitrogens with zero attached hydrogens (tertiary/aromatic N) is 1. The minimum absolute atomic E-state index is 0.0867. The molecular formula is C14H25F3N2. The normalized spacial score (nSPS) is 28.6. The monoisotopic (exact) mass is 278 g/mol. The lowest BCUT2D eigenvalue weighted by atomic mass is 9.86. The molecule has 1 saturated carbocycles. The summed E-state index contributed by atoms with van der Waals surface area (Å²) in [4.78, 5) is 2.11. The fraction of sp³-hybridized carbons (Fsp3) is 1.00. The van der Waals surface area contributed by atoms with Gasteiger partial charge in [-0.2, -0.15) is 13.2 Å². The van der Waals surface area contributed by atoms with Crippen LogP contribution in [0.2, 0.25) is 0 Å². The van der Waals surface area contributed by atoms with Gasteiger partial charge in [0.15, 0.2) is 0 Å². The van der Waals surface area contributed by atoms with Crippen LogP contribution in [-0.2, 0) is 0 Å². The Morgan fingerprint density at radius 2 is 1.84 bits per heavy atom. The maximum absolute atomic E-state index is 12.5. The Bertz CT molecular complexity index is 296. The second-order valence-corrected chi connectivity index (χ2v) is 6.07. The van der Waals surface area contributed by atoms with Crippen molar-refractivity contribution in [2.24, 2.45) is 5.92 Å². The Morgan fingerprint density at radius 1 is 1.21 bits per heavy atom. The van der Waals surface area contributed by atoms with Gasteiger partial charge in [-0.05, 0) is 31.6 Å². The molecule has 0 aromatic heterocycles. The Labute approximate surface area is 113 Å². The fourth-order valence-corrected chi connectivity index (χ4v) is 3.28. The van der Waals surface area contributed by atoms with Gasteiger partial charge in [0, 0.05) is 31.2 Å². The zero-order valence-electron chi connectivity index (χ0n) is 11.9. The number of alkyl halides is 3. The molecule has 0 radical (unpaired) electrons. The zero-order chi connectivity index (χ0) is 14.1. The highest BCUT2D eigenvalue weighted by atomic mass is 19.4. The van der Waals surface area contributed by atoms with Crippen molar-refractivity contribution in [3.05, 3.63) is 0 Å². The summed E-state index contributed by atoms with van der Waals surface area (Å²) in [6.07, 6.45) is -0.456. The molecule has 2 fully saturated rings. The minimum atomic E-state index is -4.05. The topological polar surface area (TPSA) is 15.3 Å². The van der Waals surface area contributed by atoms with Gasteiger partial charge >= 0.3 is 6.18 Å². The molecular weight excluding hydrogens is 253 g/mol. The van der Waals surface area contributed by atoms with E-state index >= 15 is 0 Å². The van der Waals surface area contributed by atoms with Crippen molar-refractivity contribution in [3.63, 3.8) is 0 Å². The smallest absolute Gasteiger partial charge is 0.311 e. The van der Waals surface area contributed by atoms with Crippen LogP contribution in [-0.4, -0.2) is 42.3 Å². The first-order valence-electron chi connectivity index (χ1n) is 7.45. The highest BCUT2D eigenvalue weighted by Crippen LogP contribution is 2.37. The Kier molecular flexibility index (Phi) is 4.45. The third-order valence-electron chi connectivity index (χ3n) is 4.95. The molecule has 5 heteroatoms. The lowest BCUT2D eigenvalue weighted by Gasteiger charge is -2.50. The summed E-state index contributed by atoms with van der Waals surface area (Å²) in [5.74, 6) is 0.695. The van der Waals surface area contributed by atoms with E-state index in [1.54, 1.807) is 0 Å². The van der Waals surface area contributed by atoms with Crippen LogP contribution in [0.5, 0.6) is 0 Å². The summed E-state index contributed by atoms with van der Waals surface area (Å²) in [5, 5.41) is 3.58. The number of halogens is 3. The summed E-state index contributed by atoms with van der Waals surface area (Å²) in [7, 11) is 0. The molecule has 1 aliphatic carbocycles. The van der Waals surface area contributed by atoms with Crippen molar-refractivity contribution < 1.29 is 13.2 Å². The second-order valence-electron chi connectivity index (χ2n) is 6.07. The van der Waals surface area contributed by atoms with E-state index in [-0.39, 0.29) is 12.1 Å². The molecule has 1 heterocycles. The van der Waals surface area contributed by atoms with Crippen molar-refractivity contribution in [3.8, 4) is 0 Å². The van der Waals surface area contributed by atoms with Crippen LogP contribution in [0.15, 0.2) is 0 Å². The van der Waals surface area contributed by atoms with E-state index in [0.717, 1.165) is 25.9 Å². The van der Waals surface area contributed by atoms with Crippen molar-refractivity contribution in [1.82, 2.24) is 10.2 Å². The number of piperazine rings is 1. The van der Waals surface area contributed by atoms with E-state index in [4.69, 9.17) is 0 Å². The molecule has 2 rings (SSSR count). The van der Waals surface area contributed by atoms with Crippen molar-refractivity contribution in [1.29, 1.82) is 0 Å². The van der Waals surface area contributed by atoms with E-state index in [1.165, 1.54) is 12.8 Å². The van der Waals surface area contributed by atoms with Crippen molar-refractivity contribution in [2.75, 3.05) is 19.6 Å². The van der Waals surface area contributed by atoms with E-state index < -0.39 is 12.6 Å². The molecule has 2 aliphatic rings. The average molecular weight is 278 g/mol. The maximum Gasteiger partial charge on any atom is 0.390 e. The van der Waals surface area contributed by atoms with Crippen molar-refractivity contribution in [2.45, 2.75) is 63.7 Å². The zero-order valence-corrected chi connectivity index (χ0v) is 11.9. The highest BCUT2D eigenvalue weighted by Gasteiger charge is 2.44. The Morgan fingerprint density at radius 3 is 2.32 bits per heavy atom. The first-order chi connectivity index (χ1) is 8.90. The van der Waals surface area contributed by atoms with Crippen LogP contribution in [0.4, 0.5) is 13.2 Å². The van der Waals surface area contributed by atoms with Gasteiger partial charge in [0.1, 0.15) is 0 Å². The van der Waals surface area contributed by atoms with Gasteiger partial charge in [-0.15, -0.1) is 0 Å². The van der Waals surface area contributed by atoms with Crippen LogP contribution in [0, 0.1) is 5.92 Å². The fourth-order valence-electron chi connectivity index (χ4n) is 3.28. The van der Waals surface area contributed by atoms with Gasteiger partial charge in [-0.1, -0.05) is 13.8 Å². The number of hydrogen-bond acceptors (Lipinski definition) is 2. The second kappa shape index (κ2) is 5.60. The first kappa shape index (κ1) is 15.1. The molecule has 0 amide bonds. The molecule has 112 valence electrons. The summed E-state index contributed by atoms with van der Waals surface area (Å²) in [6, 6.07) is 0.402. The van der Waals surface area contributed by atoms with Gasteiger partial charge in [0.25, 0.3) is 0 Å². The molecule has 1 atom stereocenters. The molecule has 0 aromatic rings. The molecule has 19 heavy (non-hydrogen) atoms. The lowest BCUT2D eigenvalue weighted by molar-refractivity contribution is -0.143. The first-order valence-corrected chi connectivity index (χ1v) is 7.45. The Balaban J connectivity index is 2.01. The molecule has 0 aromatic carbocycles. The van der Waals surface area contributed by atoms with Crippen LogP contribution >= 0.6 is 0 Å². The van der Waals surface area contributed by atoms with Gasteiger partial charge < -0.3 is 5.32 Å². The van der Waals surface area contributed by atoms with Crippen molar-refractivity contribution >= 4 is 0 Å². The predicted molar refractivity (Wildman–Crippen MR) is 70.1 cm³/mol. The number of nitrogens with one attached hydrogen (secondary N) is 1. The third kappa shape index (κ3) is 3.63. The summed E-state index contributed by atoms with van der Waals surface area (Å²) < 4.78 is 37.5. The number of rotatable bonds is 5. The van der Waals surface area contributed by atoms with E-state index in [1.807, 2.05) is 0 Å². The van der Waals surface area contributed by atoms with Gasteiger partial charge in [-0.3, -0.25) is 4.90 Å². The largest absolute Gasteiger partial charge is 0.390 e. The van der Waals surface area contributed by atoms with Crippen LogP contribution in [0.3, 0.4) is 0 Å². The molecule has 0 bridgehead atoms. The minimum Gasteiger partial charge on any atom is -0.311 e. The van der Waals surface area contributed by atoms with E-state index in [0.29, 0.717) is 12.0 Å². The molecule has 2 nitrogen and oxygen atoms in total. The molecule has 1 aliphatic heterocycles. The SMILES string of the molecule is CCC1(CC)CNC(C2CC2)CN1CCC(F)(F)F. The van der Waals surface area contributed by atoms with Crippen LogP contribution in [0.25, 0.3) is 0 Å². The molecule has 1 unspecified atom stereocenters. The maximum atomic E-state index is 12.5. The van der Waals surface area contributed by atoms with E-state index in [2.05, 4.69) is 24.1 Å². The molecule has 1 N–H and O–H groups in total. The standard InChI is InChI=1S/C14H25F3N2/c1-3-13(4-2)10-18-12(11-5-6-11)9-19(13)8-7-14(15,16)17/h11-12,18H,3-10H2,1-2H3. The summed E-state index contributed by atoms with van der Waals surface area (Å²) >= 11 is 0. The lowest BCUT2D eigenvalue weighted by Crippen LogP contribution is -2.65. The highest BCUT2D eigenvalue weighted by molar-refractivity contribution is 5.01. The van der Waals surface area contributed by atoms with Gasteiger partial charge in [0.2, 0.25) is 0 Å². The van der Waals surface area contributed by atoms with Crippen LogP contribution < -0.4 is 5.32 Å².